The summed E-state index contributed by atoms with van der Waals surface area (Å²) in [6.45, 7) is 3.46. The van der Waals surface area contributed by atoms with E-state index in [0.717, 1.165) is 45.1 Å². The lowest BCUT2D eigenvalue weighted by atomic mass is 9.86. The number of carbonyl (C=O) groups is 1. The van der Waals surface area contributed by atoms with Crippen LogP contribution in [0.15, 0.2) is 18.2 Å². The van der Waals surface area contributed by atoms with E-state index < -0.39 is 11.6 Å². The van der Waals surface area contributed by atoms with Crippen LogP contribution in [0.2, 0.25) is 0 Å². The van der Waals surface area contributed by atoms with Crippen LogP contribution >= 0.6 is 12.4 Å². The predicted octanol–water partition coefficient (Wildman–Crippen LogP) is 2.14. The second-order valence-corrected chi connectivity index (χ2v) is 5.90. The third-order valence-corrected chi connectivity index (χ3v) is 4.48. The van der Waals surface area contributed by atoms with Crippen molar-refractivity contribution in [2.24, 2.45) is 5.41 Å². The summed E-state index contributed by atoms with van der Waals surface area (Å²) in [6.07, 6.45) is 2.12. The maximum Gasteiger partial charge on any atom is 0.227 e. The van der Waals surface area contributed by atoms with Crippen LogP contribution in [0.5, 0.6) is 0 Å². The molecule has 2 heterocycles. The maximum absolute atomic E-state index is 13.6. The fraction of sp³-hybridized carbons (Fsp3) is 0.533. The number of hydrogen-bond donors (Lipinski definition) is 1. The van der Waals surface area contributed by atoms with Gasteiger partial charge in [-0.1, -0.05) is 6.07 Å². The largest absolute Gasteiger partial charge is 0.342 e. The van der Waals surface area contributed by atoms with Crippen molar-refractivity contribution >= 4 is 18.3 Å². The number of halogens is 3. The van der Waals surface area contributed by atoms with Crippen molar-refractivity contribution in [3.8, 4) is 0 Å². The SMILES string of the molecule is Cl.O=C(Cc1ccc(F)cc1F)N1CCC2(CCNC2)C1. The number of nitrogens with zero attached hydrogens (tertiary/aromatic N) is 1. The molecule has 1 atom stereocenters. The van der Waals surface area contributed by atoms with E-state index in [2.05, 4.69) is 5.32 Å². The molecule has 0 aliphatic carbocycles. The van der Waals surface area contributed by atoms with Gasteiger partial charge in [-0.05, 0) is 31.0 Å². The number of benzene rings is 1. The molecule has 2 aliphatic rings. The van der Waals surface area contributed by atoms with Gasteiger partial charge in [0.1, 0.15) is 11.6 Å². The second-order valence-electron chi connectivity index (χ2n) is 5.90. The van der Waals surface area contributed by atoms with Gasteiger partial charge in [0, 0.05) is 31.1 Å². The van der Waals surface area contributed by atoms with Gasteiger partial charge in [-0.3, -0.25) is 4.79 Å². The van der Waals surface area contributed by atoms with Crippen molar-refractivity contribution in [3.63, 3.8) is 0 Å². The first-order chi connectivity index (χ1) is 9.58. The summed E-state index contributed by atoms with van der Waals surface area (Å²) in [5, 5.41) is 3.34. The molecule has 1 N–H and O–H groups in total. The molecule has 1 unspecified atom stereocenters. The Morgan fingerprint density at radius 2 is 2.14 bits per heavy atom. The van der Waals surface area contributed by atoms with Gasteiger partial charge in [0.25, 0.3) is 0 Å². The van der Waals surface area contributed by atoms with Gasteiger partial charge in [0.2, 0.25) is 5.91 Å². The van der Waals surface area contributed by atoms with E-state index in [1.54, 1.807) is 0 Å². The lowest BCUT2D eigenvalue weighted by molar-refractivity contribution is -0.129. The number of carbonyl (C=O) groups excluding carboxylic acids is 1. The summed E-state index contributed by atoms with van der Waals surface area (Å²) < 4.78 is 26.4. The van der Waals surface area contributed by atoms with Gasteiger partial charge in [-0.15, -0.1) is 12.4 Å². The zero-order valence-electron chi connectivity index (χ0n) is 11.7. The van der Waals surface area contributed by atoms with Crippen LogP contribution in [0.3, 0.4) is 0 Å². The summed E-state index contributed by atoms with van der Waals surface area (Å²) in [5.74, 6) is -1.33. The Kier molecular flexibility index (Phi) is 4.84. The fourth-order valence-electron chi connectivity index (χ4n) is 3.23. The quantitative estimate of drug-likeness (QED) is 0.906. The van der Waals surface area contributed by atoms with Crippen molar-refractivity contribution in [1.29, 1.82) is 0 Å². The van der Waals surface area contributed by atoms with Crippen molar-refractivity contribution in [1.82, 2.24) is 10.2 Å². The molecule has 2 fully saturated rings. The van der Waals surface area contributed by atoms with Crippen LogP contribution < -0.4 is 5.32 Å². The average Bonchev–Trinajstić information content (AvgIpc) is 3.04. The normalized spacial score (nSPS) is 24.4. The van der Waals surface area contributed by atoms with Crippen LogP contribution in [0.4, 0.5) is 8.78 Å². The van der Waals surface area contributed by atoms with E-state index in [4.69, 9.17) is 0 Å². The van der Waals surface area contributed by atoms with Crippen LogP contribution in [0, 0.1) is 17.0 Å². The lowest BCUT2D eigenvalue weighted by Crippen LogP contribution is -2.34. The molecule has 3 rings (SSSR count). The first-order valence-corrected chi connectivity index (χ1v) is 7.00. The van der Waals surface area contributed by atoms with Crippen LogP contribution in [-0.2, 0) is 11.2 Å². The lowest BCUT2D eigenvalue weighted by Gasteiger charge is -2.22. The highest BCUT2D eigenvalue weighted by Gasteiger charge is 2.41. The maximum atomic E-state index is 13.6. The molecule has 1 aromatic carbocycles. The Labute approximate surface area is 129 Å². The molecule has 0 aromatic heterocycles. The van der Waals surface area contributed by atoms with Gasteiger partial charge in [-0.2, -0.15) is 0 Å². The number of likely N-dealkylation sites (tertiary alicyclic amines) is 1. The first-order valence-electron chi connectivity index (χ1n) is 7.00. The highest BCUT2D eigenvalue weighted by atomic mass is 35.5. The summed E-state index contributed by atoms with van der Waals surface area (Å²) in [6, 6.07) is 3.37. The molecule has 3 nitrogen and oxygen atoms in total. The molecular formula is C15H19ClF2N2O. The number of amides is 1. The Morgan fingerprint density at radius 3 is 2.81 bits per heavy atom. The zero-order valence-corrected chi connectivity index (χ0v) is 12.5. The van der Waals surface area contributed by atoms with Gasteiger partial charge in [0.15, 0.2) is 0 Å². The molecule has 2 aliphatic heterocycles. The highest BCUT2D eigenvalue weighted by molar-refractivity contribution is 5.85. The number of rotatable bonds is 2. The minimum absolute atomic E-state index is 0. The fourth-order valence-corrected chi connectivity index (χ4v) is 3.23. The molecule has 116 valence electrons. The van der Waals surface area contributed by atoms with E-state index in [0.29, 0.717) is 0 Å². The van der Waals surface area contributed by atoms with Gasteiger partial charge >= 0.3 is 0 Å². The van der Waals surface area contributed by atoms with Crippen molar-refractivity contribution in [2.45, 2.75) is 19.3 Å². The van der Waals surface area contributed by atoms with E-state index in [1.165, 1.54) is 12.1 Å². The van der Waals surface area contributed by atoms with E-state index in [-0.39, 0.29) is 35.7 Å². The first kappa shape index (κ1) is 16.2. The molecule has 0 radical (unpaired) electrons. The molecule has 0 bridgehead atoms. The third kappa shape index (κ3) is 3.35. The van der Waals surface area contributed by atoms with Gasteiger partial charge < -0.3 is 10.2 Å². The minimum atomic E-state index is -0.644. The summed E-state index contributed by atoms with van der Waals surface area (Å²) in [4.78, 5) is 14.1. The smallest absolute Gasteiger partial charge is 0.227 e. The zero-order chi connectivity index (χ0) is 14.2. The molecule has 1 amide bonds. The van der Waals surface area contributed by atoms with Crippen molar-refractivity contribution < 1.29 is 13.6 Å². The van der Waals surface area contributed by atoms with Crippen molar-refractivity contribution in [2.75, 3.05) is 26.2 Å². The summed E-state index contributed by atoms with van der Waals surface area (Å²) >= 11 is 0. The topological polar surface area (TPSA) is 32.3 Å². The second kappa shape index (κ2) is 6.28. The Morgan fingerprint density at radius 1 is 1.33 bits per heavy atom. The van der Waals surface area contributed by atoms with Crippen LogP contribution in [0.1, 0.15) is 18.4 Å². The third-order valence-electron chi connectivity index (χ3n) is 4.48. The summed E-state index contributed by atoms with van der Waals surface area (Å²) in [5.41, 5.74) is 0.485. The highest BCUT2D eigenvalue weighted by Crippen LogP contribution is 2.36. The van der Waals surface area contributed by atoms with E-state index >= 15 is 0 Å². The number of hydrogen-bond acceptors (Lipinski definition) is 2. The van der Waals surface area contributed by atoms with Crippen LogP contribution in [-0.4, -0.2) is 37.0 Å². The van der Waals surface area contributed by atoms with Crippen molar-refractivity contribution in [3.05, 3.63) is 35.4 Å². The minimum Gasteiger partial charge on any atom is -0.342 e. The van der Waals surface area contributed by atoms with E-state index in [1.807, 2.05) is 4.90 Å². The molecule has 0 saturated carbocycles. The Bertz CT molecular complexity index is 532. The molecular weight excluding hydrogens is 298 g/mol. The standard InChI is InChI=1S/C15H18F2N2O.ClH/c16-12-2-1-11(13(17)8-12)7-14(20)19-6-4-15(10-19)3-5-18-9-15;/h1-2,8,18H,3-7,9-10H2;1H. The average molecular weight is 317 g/mol. The van der Waals surface area contributed by atoms with Gasteiger partial charge in [0.05, 0.1) is 6.42 Å². The summed E-state index contributed by atoms with van der Waals surface area (Å²) in [7, 11) is 0. The van der Waals surface area contributed by atoms with Gasteiger partial charge in [-0.25, -0.2) is 8.78 Å². The number of nitrogens with one attached hydrogen (secondary N) is 1. The van der Waals surface area contributed by atoms with Crippen LogP contribution in [0.25, 0.3) is 0 Å². The van der Waals surface area contributed by atoms with E-state index in [9.17, 15) is 13.6 Å². The monoisotopic (exact) mass is 316 g/mol. The molecule has 21 heavy (non-hydrogen) atoms. The Hall–Kier alpha value is -1.20. The molecule has 6 heteroatoms. The Balaban J connectivity index is 0.00000161. The molecule has 2 saturated heterocycles. The predicted molar refractivity (Wildman–Crippen MR) is 78.4 cm³/mol. The molecule has 1 spiro atoms. The molecule has 1 aromatic rings.